The molecule has 2 fully saturated rings. The van der Waals surface area contributed by atoms with Gasteiger partial charge in [0.2, 0.25) is 5.91 Å². The number of nitrogens with two attached hydrogens (primary N) is 1. The summed E-state index contributed by atoms with van der Waals surface area (Å²) in [6.07, 6.45) is 12.5. The molecule has 6 rings (SSSR count). The Morgan fingerprint density at radius 1 is 0.860 bits per heavy atom. The van der Waals surface area contributed by atoms with Crippen molar-refractivity contribution in [1.82, 2.24) is 4.59 Å². The van der Waals surface area contributed by atoms with E-state index in [1.807, 2.05) is 72.8 Å². The van der Waals surface area contributed by atoms with E-state index in [1.54, 1.807) is 0 Å². The molecular formula is C36H44N5O2+. The Kier molecular flexibility index (Phi) is 9.00. The summed E-state index contributed by atoms with van der Waals surface area (Å²) in [7, 11) is 0. The molecule has 1 aliphatic heterocycles. The second kappa shape index (κ2) is 13.2. The van der Waals surface area contributed by atoms with Gasteiger partial charge in [-0.05, 0) is 43.4 Å². The number of benzene rings is 3. The number of fused-ring (bicyclic) bond motifs is 1. The lowest BCUT2D eigenvalue weighted by molar-refractivity contribution is -0.117. The Labute approximate surface area is 255 Å². The number of hydrogen-bond donors (Lipinski definition) is 3. The minimum absolute atomic E-state index is 0.160. The van der Waals surface area contributed by atoms with Gasteiger partial charge in [0.25, 0.3) is 0 Å². The Morgan fingerprint density at radius 3 is 2.23 bits per heavy atom. The number of para-hydroxylation sites is 1. The van der Waals surface area contributed by atoms with Gasteiger partial charge in [-0.3, -0.25) is 10.1 Å². The number of hydrogen-bond acceptors (Lipinski definition) is 4. The van der Waals surface area contributed by atoms with Gasteiger partial charge in [-0.25, -0.2) is 4.79 Å². The van der Waals surface area contributed by atoms with Crippen molar-refractivity contribution in [2.75, 3.05) is 10.6 Å². The van der Waals surface area contributed by atoms with Crippen LogP contribution < -0.4 is 21.0 Å². The maximum absolute atomic E-state index is 14.3. The zero-order chi connectivity index (χ0) is 29.6. The second-order valence-electron chi connectivity index (χ2n) is 12.6. The summed E-state index contributed by atoms with van der Waals surface area (Å²) < 4.78 is -0.236. The zero-order valence-corrected chi connectivity index (χ0v) is 25.0. The number of rotatable bonds is 8. The molecule has 1 heterocycles. The van der Waals surface area contributed by atoms with E-state index in [0.29, 0.717) is 24.1 Å². The lowest BCUT2D eigenvalue weighted by Gasteiger charge is -2.30. The van der Waals surface area contributed by atoms with Crippen molar-refractivity contribution < 1.29 is 9.59 Å². The van der Waals surface area contributed by atoms with E-state index in [-0.39, 0.29) is 16.5 Å². The predicted octanol–water partition coefficient (Wildman–Crippen LogP) is 7.96. The van der Waals surface area contributed by atoms with Gasteiger partial charge >= 0.3 is 6.03 Å². The van der Waals surface area contributed by atoms with Crippen LogP contribution in [-0.4, -0.2) is 23.7 Å². The van der Waals surface area contributed by atoms with E-state index >= 15 is 0 Å². The molecule has 2 aliphatic carbocycles. The fourth-order valence-electron chi connectivity index (χ4n) is 7.12. The minimum Gasteiger partial charge on any atom is -0.325 e. The largest absolute Gasteiger partial charge is 0.453 e. The van der Waals surface area contributed by atoms with Crippen molar-refractivity contribution in [1.29, 1.82) is 0 Å². The Hall–Kier alpha value is -3.81. The van der Waals surface area contributed by atoms with Crippen LogP contribution in [0.1, 0.15) is 81.8 Å². The number of nitrogens with one attached hydrogen (secondary N) is 2. The molecule has 7 nitrogen and oxygen atoms in total. The minimum atomic E-state index is -0.531. The van der Waals surface area contributed by atoms with E-state index in [1.165, 1.54) is 38.5 Å². The first kappa shape index (κ1) is 29.3. The summed E-state index contributed by atoms with van der Waals surface area (Å²) in [5.74, 6) is 0.660. The average molecular weight is 579 g/mol. The molecule has 0 saturated heterocycles. The molecule has 224 valence electrons. The number of carbonyl (C=O) groups excluding carboxylic acids is 2. The molecule has 3 amide bonds. The Bertz CT molecular complexity index is 1440. The van der Waals surface area contributed by atoms with Crippen molar-refractivity contribution in [2.24, 2.45) is 22.7 Å². The maximum Gasteiger partial charge on any atom is 0.453 e. The Morgan fingerprint density at radius 2 is 1.51 bits per heavy atom. The summed E-state index contributed by atoms with van der Waals surface area (Å²) in [5, 5.41) is 11.7. The third-order valence-corrected chi connectivity index (χ3v) is 9.52. The predicted molar refractivity (Wildman–Crippen MR) is 175 cm³/mol. The van der Waals surface area contributed by atoms with E-state index < -0.39 is 6.04 Å². The molecule has 3 aromatic carbocycles. The normalized spacial score (nSPS) is 22.1. The molecule has 3 aliphatic rings. The van der Waals surface area contributed by atoms with Crippen molar-refractivity contribution in [2.45, 2.75) is 83.2 Å². The van der Waals surface area contributed by atoms with Gasteiger partial charge < -0.3 is 11.1 Å². The lowest BCUT2D eigenvalue weighted by atomic mass is 9.83. The van der Waals surface area contributed by atoms with Crippen molar-refractivity contribution in [3.8, 4) is 0 Å². The van der Waals surface area contributed by atoms with Gasteiger partial charge in [0, 0.05) is 34.9 Å². The van der Waals surface area contributed by atoms with Crippen molar-refractivity contribution >= 4 is 34.7 Å². The topological polar surface area (TPSA) is 96.6 Å². The second-order valence-corrected chi connectivity index (χ2v) is 12.6. The quantitative estimate of drug-likeness (QED) is 0.237. The molecule has 7 heteroatoms. The molecule has 4 N–H and O–H groups in total. The highest BCUT2D eigenvalue weighted by Gasteiger charge is 2.45. The lowest BCUT2D eigenvalue weighted by Crippen LogP contribution is -2.51. The van der Waals surface area contributed by atoms with Gasteiger partial charge in [-0.15, -0.1) is 0 Å². The molecule has 0 aromatic heterocycles. The smallest absolute Gasteiger partial charge is 0.325 e. The number of anilines is 2. The molecule has 0 bridgehead atoms. The van der Waals surface area contributed by atoms with Crippen molar-refractivity contribution in [3.05, 3.63) is 90.0 Å². The number of carbonyl (C=O) groups is 2. The summed E-state index contributed by atoms with van der Waals surface area (Å²) in [6.45, 7) is 0.370. The summed E-state index contributed by atoms with van der Waals surface area (Å²) in [6, 6.07) is 25.0. The van der Waals surface area contributed by atoms with Gasteiger partial charge in [0.1, 0.15) is 12.3 Å². The SMILES string of the molecule is NC(CC1CCCCC1)C(=O)Nc1ccc([N@+]2(Cc3ccccc3)N=C(C3CCCCC3)c3ccccc3NC2=O)cc1. The molecular weight excluding hydrogens is 534 g/mol. The van der Waals surface area contributed by atoms with Crippen LogP contribution in [0.3, 0.4) is 0 Å². The molecule has 0 spiro atoms. The summed E-state index contributed by atoms with van der Waals surface area (Å²) in [4.78, 5) is 27.3. The molecule has 3 aromatic rings. The Balaban J connectivity index is 1.34. The van der Waals surface area contributed by atoms with Crippen LogP contribution in [0.15, 0.2) is 84.0 Å². The fraction of sp³-hybridized carbons (Fsp3) is 0.417. The van der Waals surface area contributed by atoms with Gasteiger partial charge in [0.05, 0.1) is 11.7 Å². The van der Waals surface area contributed by atoms with Crippen LogP contribution in [0.5, 0.6) is 0 Å². The van der Waals surface area contributed by atoms with Crippen LogP contribution in [0.4, 0.5) is 21.9 Å². The maximum atomic E-state index is 14.3. The van der Waals surface area contributed by atoms with Gasteiger partial charge in [-0.1, -0.05) is 110 Å². The summed E-state index contributed by atoms with van der Waals surface area (Å²) in [5.41, 5.74) is 11.6. The highest BCUT2D eigenvalue weighted by Crippen LogP contribution is 2.38. The van der Waals surface area contributed by atoms with E-state index in [9.17, 15) is 9.59 Å². The number of amides is 3. The average Bonchev–Trinajstić information content (AvgIpc) is 3.17. The third-order valence-electron chi connectivity index (χ3n) is 9.52. The van der Waals surface area contributed by atoms with E-state index in [4.69, 9.17) is 10.8 Å². The van der Waals surface area contributed by atoms with Crippen LogP contribution in [0, 0.1) is 11.8 Å². The number of quaternary nitrogens is 1. The first-order valence-corrected chi connectivity index (χ1v) is 16.1. The molecule has 1 unspecified atom stereocenters. The number of nitrogens with zero attached hydrogens (tertiary/aromatic N) is 2. The first-order valence-electron chi connectivity index (χ1n) is 16.1. The standard InChI is InChI=1S/C36H43N5O2/c37-32(24-26-12-4-1-5-13-26)35(42)38-29-20-22-30(23-21-29)41(25-27-14-6-2-7-15-27)36(43)39-33-19-11-10-18-31(33)34(40-41)28-16-8-3-9-17-28/h2,6-7,10-11,14-15,18-23,26,28,32H,1,3-5,8-9,12-13,16-17,24-25,37H2,(H-,38,39,40,42,43)/p+1/t32?,41-/m0/s1. The zero-order valence-electron chi connectivity index (χ0n) is 25.0. The molecule has 2 atom stereocenters. The first-order chi connectivity index (χ1) is 21.0. The van der Waals surface area contributed by atoms with Crippen LogP contribution in [0.25, 0.3) is 0 Å². The monoisotopic (exact) mass is 578 g/mol. The summed E-state index contributed by atoms with van der Waals surface area (Å²) >= 11 is 0. The molecule has 0 radical (unpaired) electrons. The number of urea groups is 1. The third kappa shape index (κ3) is 6.58. The van der Waals surface area contributed by atoms with Gasteiger partial charge in [0.15, 0.2) is 5.69 Å². The van der Waals surface area contributed by atoms with E-state index in [2.05, 4.69) is 16.7 Å². The molecule has 43 heavy (non-hydrogen) atoms. The van der Waals surface area contributed by atoms with Crippen LogP contribution >= 0.6 is 0 Å². The van der Waals surface area contributed by atoms with Crippen LogP contribution in [0.2, 0.25) is 0 Å². The van der Waals surface area contributed by atoms with E-state index in [0.717, 1.165) is 60.3 Å². The highest BCUT2D eigenvalue weighted by atomic mass is 16.2. The van der Waals surface area contributed by atoms with Crippen LogP contribution in [-0.2, 0) is 11.3 Å². The highest BCUT2D eigenvalue weighted by molar-refractivity contribution is 6.13. The fourth-order valence-corrected chi connectivity index (χ4v) is 7.12. The van der Waals surface area contributed by atoms with Gasteiger partial charge in [-0.2, -0.15) is 0 Å². The van der Waals surface area contributed by atoms with Crippen molar-refractivity contribution in [3.63, 3.8) is 0 Å². The molecule has 2 saturated carbocycles.